The molecule has 0 saturated carbocycles. The Morgan fingerprint density at radius 1 is 1.20 bits per heavy atom. The summed E-state index contributed by atoms with van der Waals surface area (Å²) in [5, 5.41) is 3.41. The first-order valence-corrected chi connectivity index (χ1v) is 5.73. The van der Waals surface area contributed by atoms with Gasteiger partial charge < -0.3 is 14.8 Å². The van der Waals surface area contributed by atoms with Crippen LogP contribution in [0.3, 0.4) is 0 Å². The maximum atomic E-state index is 5.72. The minimum atomic E-state index is 0.206. The molecule has 3 heteroatoms. The average Bonchev–Trinajstić information content (AvgIpc) is 2.77. The second-order valence-electron chi connectivity index (χ2n) is 4.45. The van der Waals surface area contributed by atoms with Crippen LogP contribution in [0.4, 0.5) is 0 Å². The first-order chi connectivity index (χ1) is 7.43. The number of rotatable bonds is 1. The smallest absolute Gasteiger partial charge is 0.102 e. The van der Waals surface area contributed by atoms with Crippen molar-refractivity contribution >= 4 is 0 Å². The molecule has 3 aliphatic rings. The van der Waals surface area contributed by atoms with Crippen LogP contribution in [0.5, 0.6) is 0 Å². The van der Waals surface area contributed by atoms with Gasteiger partial charge in [0.15, 0.2) is 0 Å². The summed E-state index contributed by atoms with van der Waals surface area (Å²) < 4.78 is 11.2. The van der Waals surface area contributed by atoms with E-state index in [0.717, 1.165) is 39.3 Å². The summed E-state index contributed by atoms with van der Waals surface area (Å²) in [6.07, 6.45) is 5.85. The van der Waals surface area contributed by atoms with Crippen molar-refractivity contribution < 1.29 is 9.47 Å². The SMILES string of the molecule is C1=C2CNCC2CC(C2COCCO2)=C1. The van der Waals surface area contributed by atoms with E-state index in [0.29, 0.717) is 5.92 Å². The van der Waals surface area contributed by atoms with Gasteiger partial charge in [-0.3, -0.25) is 0 Å². The molecule has 1 N–H and O–H groups in total. The summed E-state index contributed by atoms with van der Waals surface area (Å²) in [7, 11) is 0. The number of hydrogen-bond acceptors (Lipinski definition) is 3. The highest BCUT2D eigenvalue weighted by molar-refractivity contribution is 5.31. The molecule has 2 saturated heterocycles. The maximum Gasteiger partial charge on any atom is 0.102 e. The lowest BCUT2D eigenvalue weighted by Gasteiger charge is -2.28. The van der Waals surface area contributed by atoms with Gasteiger partial charge in [0.1, 0.15) is 6.10 Å². The molecule has 3 rings (SSSR count). The zero-order valence-corrected chi connectivity index (χ0v) is 8.87. The Balaban J connectivity index is 1.72. The zero-order chi connectivity index (χ0) is 10.1. The van der Waals surface area contributed by atoms with E-state index in [1.165, 1.54) is 5.57 Å². The minimum absolute atomic E-state index is 0.206. The van der Waals surface area contributed by atoms with Crippen LogP contribution >= 0.6 is 0 Å². The summed E-state index contributed by atoms with van der Waals surface area (Å²) in [5.74, 6) is 0.704. The predicted octanol–water partition coefficient (Wildman–Crippen LogP) is 0.878. The Morgan fingerprint density at radius 2 is 2.13 bits per heavy atom. The third-order valence-electron chi connectivity index (χ3n) is 3.47. The molecule has 0 radical (unpaired) electrons. The fraction of sp³-hybridized carbons (Fsp3) is 0.667. The first-order valence-electron chi connectivity index (χ1n) is 5.73. The third-order valence-corrected chi connectivity index (χ3v) is 3.47. The van der Waals surface area contributed by atoms with E-state index in [2.05, 4.69) is 17.5 Å². The summed E-state index contributed by atoms with van der Waals surface area (Å²) in [6, 6.07) is 0. The van der Waals surface area contributed by atoms with Crippen LogP contribution in [0.1, 0.15) is 6.42 Å². The molecule has 2 fully saturated rings. The zero-order valence-electron chi connectivity index (χ0n) is 8.87. The standard InChI is InChI=1S/C12H17NO2/c1-2-10-6-13-7-11(10)5-9(1)12-8-14-3-4-15-12/h1-2,11-13H,3-8H2. The maximum absolute atomic E-state index is 5.72. The van der Waals surface area contributed by atoms with Crippen molar-refractivity contribution in [3.8, 4) is 0 Å². The molecular weight excluding hydrogens is 190 g/mol. The Kier molecular flexibility index (Phi) is 2.61. The van der Waals surface area contributed by atoms with E-state index >= 15 is 0 Å². The van der Waals surface area contributed by atoms with Crippen molar-refractivity contribution in [2.75, 3.05) is 32.9 Å². The van der Waals surface area contributed by atoms with Crippen LogP contribution < -0.4 is 5.32 Å². The molecule has 3 nitrogen and oxygen atoms in total. The Hall–Kier alpha value is -0.640. The van der Waals surface area contributed by atoms with Gasteiger partial charge in [-0.15, -0.1) is 0 Å². The summed E-state index contributed by atoms with van der Waals surface area (Å²) in [5.41, 5.74) is 2.96. The molecule has 2 atom stereocenters. The second kappa shape index (κ2) is 4.08. The topological polar surface area (TPSA) is 30.5 Å². The van der Waals surface area contributed by atoms with Crippen LogP contribution in [0, 0.1) is 5.92 Å². The normalized spacial score (nSPS) is 35.7. The van der Waals surface area contributed by atoms with Gasteiger partial charge in [-0.25, -0.2) is 0 Å². The molecular formula is C12H17NO2. The Morgan fingerprint density at radius 3 is 3.00 bits per heavy atom. The van der Waals surface area contributed by atoms with Gasteiger partial charge in [0, 0.05) is 13.1 Å². The third kappa shape index (κ3) is 1.87. The van der Waals surface area contributed by atoms with Crippen LogP contribution in [0.15, 0.2) is 23.3 Å². The molecule has 0 spiro atoms. The van der Waals surface area contributed by atoms with Crippen LogP contribution in [0.25, 0.3) is 0 Å². The summed E-state index contributed by atoms with van der Waals surface area (Å²) in [4.78, 5) is 0. The summed E-state index contributed by atoms with van der Waals surface area (Å²) >= 11 is 0. The van der Waals surface area contributed by atoms with E-state index in [4.69, 9.17) is 9.47 Å². The molecule has 2 heterocycles. The minimum Gasteiger partial charge on any atom is -0.376 e. The monoisotopic (exact) mass is 207 g/mol. The number of allylic oxidation sites excluding steroid dienone is 2. The largest absolute Gasteiger partial charge is 0.376 e. The van der Waals surface area contributed by atoms with E-state index in [1.54, 1.807) is 5.57 Å². The highest BCUT2D eigenvalue weighted by Crippen LogP contribution is 2.30. The van der Waals surface area contributed by atoms with Gasteiger partial charge in [-0.1, -0.05) is 17.7 Å². The lowest BCUT2D eigenvalue weighted by atomic mass is 9.87. The molecule has 1 aliphatic carbocycles. The Bertz CT molecular complexity index is 303. The van der Waals surface area contributed by atoms with Gasteiger partial charge in [0.05, 0.1) is 19.8 Å². The van der Waals surface area contributed by atoms with Gasteiger partial charge in [0.25, 0.3) is 0 Å². The van der Waals surface area contributed by atoms with Gasteiger partial charge >= 0.3 is 0 Å². The van der Waals surface area contributed by atoms with Crippen LogP contribution in [-0.2, 0) is 9.47 Å². The van der Waals surface area contributed by atoms with E-state index in [-0.39, 0.29) is 6.10 Å². The van der Waals surface area contributed by atoms with Crippen LogP contribution in [0.2, 0.25) is 0 Å². The van der Waals surface area contributed by atoms with Crippen LogP contribution in [-0.4, -0.2) is 39.0 Å². The highest BCUT2D eigenvalue weighted by Gasteiger charge is 2.28. The van der Waals surface area contributed by atoms with Crippen molar-refractivity contribution in [3.05, 3.63) is 23.3 Å². The van der Waals surface area contributed by atoms with Crippen molar-refractivity contribution in [2.24, 2.45) is 5.92 Å². The van der Waals surface area contributed by atoms with Gasteiger partial charge in [-0.2, -0.15) is 0 Å². The quantitative estimate of drug-likeness (QED) is 0.692. The predicted molar refractivity (Wildman–Crippen MR) is 57.7 cm³/mol. The van der Waals surface area contributed by atoms with Crippen molar-refractivity contribution in [3.63, 3.8) is 0 Å². The second-order valence-corrected chi connectivity index (χ2v) is 4.45. The summed E-state index contributed by atoms with van der Waals surface area (Å²) in [6.45, 7) is 4.40. The Labute approximate surface area is 90.1 Å². The molecule has 0 bridgehead atoms. The number of hydrogen-bond donors (Lipinski definition) is 1. The molecule has 15 heavy (non-hydrogen) atoms. The van der Waals surface area contributed by atoms with E-state index in [9.17, 15) is 0 Å². The van der Waals surface area contributed by atoms with Crippen molar-refractivity contribution in [2.45, 2.75) is 12.5 Å². The molecule has 0 aromatic carbocycles. The highest BCUT2D eigenvalue weighted by atomic mass is 16.6. The number of ether oxygens (including phenoxy) is 2. The molecule has 82 valence electrons. The van der Waals surface area contributed by atoms with Gasteiger partial charge in [-0.05, 0) is 17.9 Å². The first kappa shape index (κ1) is 9.58. The van der Waals surface area contributed by atoms with Crippen molar-refractivity contribution in [1.29, 1.82) is 0 Å². The van der Waals surface area contributed by atoms with E-state index < -0.39 is 0 Å². The fourth-order valence-electron chi connectivity index (χ4n) is 2.57. The average molecular weight is 207 g/mol. The number of fused-ring (bicyclic) bond motifs is 1. The molecule has 0 aromatic heterocycles. The van der Waals surface area contributed by atoms with Crippen molar-refractivity contribution in [1.82, 2.24) is 5.32 Å². The lowest BCUT2D eigenvalue weighted by Crippen LogP contribution is -2.31. The fourth-order valence-corrected chi connectivity index (χ4v) is 2.57. The van der Waals surface area contributed by atoms with E-state index in [1.807, 2.05) is 0 Å². The molecule has 2 aliphatic heterocycles. The number of nitrogens with one attached hydrogen (secondary N) is 1. The molecule has 0 aromatic rings. The lowest BCUT2D eigenvalue weighted by molar-refractivity contribution is -0.0737. The molecule has 0 amide bonds. The van der Waals surface area contributed by atoms with Gasteiger partial charge in [0.2, 0.25) is 0 Å². The molecule has 2 unspecified atom stereocenters.